The molecule has 1 heterocycles. The summed E-state index contributed by atoms with van der Waals surface area (Å²) in [6, 6.07) is 0. The summed E-state index contributed by atoms with van der Waals surface area (Å²) in [6.45, 7) is 2.10. The molecule has 0 aliphatic heterocycles. The van der Waals surface area contributed by atoms with Crippen LogP contribution in [0.1, 0.15) is 25.1 Å². The van der Waals surface area contributed by atoms with Gasteiger partial charge in [-0.3, -0.25) is 0 Å². The molecule has 0 aliphatic rings. The molecule has 0 saturated carbocycles. The predicted octanol–water partition coefficient (Wildman–Crippen LogP) is 1.90. The lowest BCUT2D eigenvalue weighted by atomic mass is 10.1. The molecule has 0 aliphatic carbocycles. The Hall–Kier alpha value is -0.700. The van der Waals surface area contributed by atoms with Crippen LogP contribution in [-0.2, 0) is 0 Å². The van der Waals surface area contributed by atoms with Crippen LogP contribution in [0.5, 0.6) is 0 Å². The van der Waals surface area contributed by atoms with E-state index < -0.39 is 0 Å². The molecule has 2 nitrogen and oxygen atoms in total. The van der Waals surface area contributed by atoms with Gasteiger partial charge in [0.1, 0.15) is 5.82 Å². The summed E-state index contributed by atoms with van der Waals surface area (Å²) >= 11 is 4.74. The fourth-order valence-corrected chi connectivity index (χ4v) is 1.09. The van der Waals surface area contributed by atoms with Gasteiger partial charge in [0, 0.05) is 18.3 Å². The van der Waals surface area contributed by atoms with Crippen molar-refractivity contribution >= 4 is 17.6 Å². The zero-order chi connectivity index (χ0) is 7.40. The molecule has 0 amide bonds. The van der Waals surface area contributed by atoms with Gasteiger partial charge >= 0.3 is 0 Å². The third-order valence-electron chi connectivity index (χ3n) is 1.44. The Labute approximate surface area is 65.7 Å². The Morgan fingerprint density at radius 1 is 1.90 bits per heavy atom. The highest BCUT2D eigenvalue weighted by Crippen LogP contribution is 2.11. The molecule has 0 spiro atoms. The highest BCUT2D eigenvalue weighted by molar-refractivity contribution is 7.78. The van der Waals surface area contributed by atoms with Crippen LogP contribution in [0.4, 0.5) is 0 Å². The molecular formula is C7H10N2S. The fraction of sp³-hybridized carbons (Fsp3) is 0.429. The summed E-state index contributed by atoms with van der Waals surface area (Å²) < 4.78 is 0. The van der Waals surface area contributed by atoms with Crippen molar-refractivity contribution < 1.29 is 0 Å². The van der Waals surface area contributed by atoms with E-state index in [1.54, 1.807) is 11.6 Å². The highest BCUT2D eigenvalue weighted by atomic mass is 32.1. The minimum Gasteiger partial charge on any atom is -0.348 e. The van der Waals surface area contributed by atoms with Crippen LogP contribution < -0.4 is 0 Å². The lowest BCUT2D eigenvalue weighted by molar-refractivity contribution is 0.756. The third kappa shape index (κ3) is 1.64. The molecule has 1 atom stereocenters. The average Bonchev–Trinajstić information content (AvgIpc) is 2.38. The fourth-order valence-electron chi connectivity index (χ4n) is 0.803. The number of thiocarbonyl (C=S) groups is 1. The number of hydrogen-bond donors (Lipinski definition) is 1. The number of imidazole rings is 1. The summed E-state index contributed by atoms with van der Waals surface area (Å²) in [7, 11) is 0. The van der Waals surface area contributed by atoms with Crippen LogP contribution in [0.2, 0.25) is 0 Å². The zero-order valence-electron chi connectivity index (χ0n) is 5.87. The van der Waals surface area contributed by atoms with Gasteiger partial charge in [-0.05, 0) is 11.8 Å². The SMILES string of the molecule is CC(CC=S)c1ncc[nH]1. The largest absolute Gasteiger partial charge is 0.348 e. The van der Waals surface area contributed by atoms with Crippen LogP contribution in [-0.4, -0.2) is 15.3 Å². The van der Waals surface area contributed by atoms with E-state index in [4.69, 9.17) is 12.2 Å². The maximum atomic E-state index is 4.74. The lowest BCUT2D eigenvalue weighted by Gasteiger charge is -2.01. The third-order valence-corrected chi connectivity index (χ3v) is 1.63. The van der Waals surface area contributed by atoms with Gasteiger partial charge in [0.05, 0.1) is 0 Å². The molecule has 0 aromatic carbocycles. The van der Waals surface area contributed by atoms with Crippen LogP contribution in [0.15, 0.2) is 12.4 Å². The molecule has 1 N–H and O–H groups in total. The van der Waals surface area contributed by atoms with E-state index in [-0.39, 0.29) is 0 Å². The molecule has 0 bridgehead atoms. The van der Waals surface area contributed by atoms with Gasteiger partial charge in [-0.1, -0.05) is 19.1 Å². The van der Waals surface area contributed by atoms with Crippen molar-refractivity contribution in [2.75, 3.05) is 0 Å². The van der Waals surface area contributed by atoms with Crippen LogP contribution >= 0.6 is 12.2 Å². The van der Waals surface area contributed by atoms with Crippen molar-refractivity contribution in [3.63, 3.8) is 0 Å². The van der Waals surface area contributed by atoms with Gasteiger partial charge in [0.2, 0.25) is 0 Å². The minimum atomic E-state index is 0.424. The normalized spacial score (nSPS) is 12.9. The monoisotopic (exact) mass is 154 g/mol. The van der Waals surface area contributed by atoms with Gasteiger partial charge in [0.25, 0.3) is 0 Å². The van der Waals surface area contributed by atoms with Crippen molar-refractivity contribution in [1.82, 2.24) is 9.97 Å². The first kappa shape index (κ1) is 7.41. The van der Waals surface area contributed by atoms with Crippen LogP contribution in [0.3, 0.4) is 0 Å². The van der Waals surface area contributed by atoms with Gasteiger partial charge in [-0.2, -0.15) is 0 Å². The number of hydrogen-bond acceptors (Lipinski definition) is 2. The smallest absolute Gasteiger partial charge is 0.109 e. The Kier molecular flexibility index (Phi) is 2.57. The second-order valence-corrected chi connectivity index (χ2v) is 2.61. The molecule has 1 rings (SSSR count). The zero-order valence-corrected chi connectivity index (χ0v) is 6.69. The standard InChI is InChI=1S/C7H10N2S/c1-6(2-5-10)7-8-3-4-9-7/h3-6H,2H2,1H3,(H,8,9). The number of aromatic amines is 1. The Morgan fingerprint density at radius 3 is 3.20 bits per heavy atom. The number of rotatable bonds is 3. The molecule has 0 radical (unpaired) electrons. The highest BCUT2D eigenvalue weighted by Gasteiger charge is 2.03. The second kappa shape index (κ2) is 3.46. The van der Waals surface area contributed by atoms with Gasteiger partial charge in [-0.25, -0.2) is 4.98 Å². The van der Waals surface area contributed by atoms with Crippen molar-refractivity contribution in [3.05, 3.63) is 18.2 Å². The first-order chi connectivity index (χ1) is 4.84. The Morgan fingerprint density at radius 2 is 2.70 bits per heavy atom. The van der Waals surface area contributed by atoms with Crippen LogP contribution in [0, 0.1) is 0 Å². The van der Waals surface area contributed by atoms with Gasteiger partial charge in [-0.15, -0.1) is 0 Å². The molecule has 3 heteroatoms. The van der Waals surface area contributed by atoms with E-state index in [1.165, 1.54) is 0 Å². The minimum absolute atomic E-state index is 0.424. The maximum Gasteiger partial charge on any atom is 0.109 e. The number of nitrogens with zero attached hydrogens (tertiary/aromatic N) is 1. The molecule has 0 saturated heterocycles. The number of aromatic nitrogens is 2. The van der Waals surface area contributed by atoms with E-state index in [1.807, 2.05) is 6.20 Å². The van der Waals surface area contributed by atoms with E-state index in [9.17, 15) is 0 Å². The first-order valence-electron chi connectivity index (χ1n) is 3.27. The average molecular weight is 154 g/mol. The van der Waals surface area contributed by atoms with Gasteiger partial charge in [0.15, 0.2) is 0 Å². The van der Waals surface area contributed by atoms with Crippen LogP contribution in [0.25, 0.3) is 0 Å². The molecular weight excluding hydrogens is 144 g/mol. The van der Waals surface area contributed by atoms with E-state index >= 15 is 0 Å². The Bertz CT molecular complexity index is 193. The summed E-state index contributed by atoms with van der Waals surface area (Å²) in [4.78, 5) is 7.16. The van der Waals surface area contributed by atoms with Crippen molar-refractivity contribution in [2.45, 2.75) is 19.3 Å². The molecule has 1 unspecified atom stereocenters. The molecule has 10 heavy (non-hydrogen) atoms. The van der Waals surface area contributed by atoms with Crippen molar-refractivity contribution in [2.24, 2.45) is 0 Å². The first-order valence-corrected chi connectivity index (χ1v) is 3.74. The van der Waals surface area contributed by atoms with E-state index in [2.05, 4.69) is 16.9 Å². The van der Waals surface area contributed by atoms with Crippen molar-refractivity contribution in [1.29, 1.82) is 0 Å². The summed E-state index contributed by atoms with van der Waals surface area (Å²) in [6.07, 6.45) is 4.49. The van der Waals surface area contributed by atoms with Gasteiger partial charge < -0.3 is 4.98 Å². The lowest BCUT2D eigenvalue weighted by Crippen LogP contribution is -1.95. The summed E-state index contributed by atoms with van der Waals surface area (Å²) in [5, 5.41) is 1.74. The molecule has 1 aromatic rings. The topological polar surface area (TPSA) is 28.7 Å². The number of nitrogens with one attached hydrogen (secondary N) is 1. The number of H-pyrrole nitrogens is 1. The van der Waals surface area contributed by atoms with E-state index in [0.717, 1.165) is 12.2 Å². The quantitative estimate of drug-likeness (QED) is 0.674. The maximum absolute atomic E-state index is 4.74. The predicted molar refractivity (Wildman–Crippen MR) is 45.3 cm³/mol. The Balaban J connectivity index is 2.58. The second-order valence-electron chi connectivity index (χ2n) is 2.28. The molecule has 0 fully saturated rings. The molecule has 1 aromatic heterocycles. The summed E-state index contributed by atoms with van der Waals surface area (Å²) in [5.74, 6) is 1.44. The van der Waals surface area contributed by atoms with Crippen molar-refractivity contribution in [3.8, 4) is 0 Å². The summed E-state index contributed by atoms with van der Waals surface area (Å²) in [5.41, 5.74) is 0. The molecule has 54 valence electrons. The van der Waals surface area contributed by atoms with E-state index in [0.29, 0.717) is 5.92 Å².